The third-order valence-electron chi connectivity index (χ3n) is 2.91. The number of hydrogen-bond acceptors (Lipinski definition) is 6. The van der Waals surface area contributed by atoms with E-state index in [0.29, 0.717) is 6.42 Å². The molecule has 1 rings (SSSR count). The fraction of sp³-hybridized carbons (Fsp3) is 0.500. The minimum absolute atomic E-state index is 0.117. The van der Waals surface area contributed by atoms with Crippen molar-refractivity contribution in [1.29, 1.82) is 0 Å². The Kier molecular flexibility index (Phi) is 6.06. The van der Waals surface area contributed by atoms with Crippen LogP contribution in [-0.4, -0.2) is 42.4 Å². The van der Waals surface area contributed by atoms with E-state index in [9.17, 15) is 18.5 Å². The molecule has 0 spiro atoms. The van der Waals surface area contributed by atoms with Crippen LogP contribution in [0.2, 0.25) is 0 Å². The van der Waals surface area contributed by atoms with Crippen LogP contribution in [0.3, 0.4) is 0 Å². The number of hydrogen-bond donors (Lipinski definition) is 2. The van der Waals surface area contributed by atoms with E-state index in [0.717, 1.165) is 22.9 Å². The van der Waals surface area contributed by atoms with Gasteiger partial charge in [-0.05, 0) is 18.6 Å². The Morgan fingerprint density at radius 1 is 1.38 bits per heavy atom. The van der Waals surface area contributed by atoms with Crippen LogP contribution in [0.1, 0.15) is 19.8 Å². The van der Waals surface area contributed by atoms with Crippen molar-refractivity contribution in [2.24, 2.45) is 0 Å². The van der Waals surface area contributed by atoms with Crippen molar-refractivity contribution in [3.05, 3.63) is 28.3 Å². The van der Waals surface area contributed by atoms with Crippen molar-refractivity contribution >= 4 is 21.4 Å². The number of rotatable bonds is 8. The van der Waals surface area contributed by atoms with E-state index >= 15 is 0 Å². The summed E-state index contributed by atoms with van der Waals surface area (Å²) in [5, 5.41) is 20.0. The summed E-state index contributed by atoms with van der Waals surface area (Å²) in [5.74, 6) is 0. The predicted octanol–water partition coefficient (Wildman–Crippen LogP) is 0.960. The molecule has 0 amide bonds. The SMILES string of the molecule is CCCCN(CCO)S(=O)(=O)c1cc(N)ccc1[N+](=O)[O-]. The number of unbranched alkanes of at least 4 members (excludes halogenated alkanes) is 1. The lowest BCUT2D eigenvalue weighted by Crippen LogP contribution is -2.34. The topological polar surface area (TPSA) is 127 Å². The zero-order valence-electron chi connectivity index (χ0n) is 11.7. The van der Waals surface area contributed by atoms with Gasteiger partial charge < -0.3 is 10.8 Å². The zero-order valence-corrected chi connectivity index (χ0v) is 12.5. The van der Waals surface area contributed by atoms with E-state index < -0.39 is 25.5 Å². The Labute approximate surface area is 123 Å². The van der Waals surface area contributed by atoms with Gasteiger partial charge in [-0.1, -0.05) is 13.3 Å². The molecular weight excluding hydrogens is 298 g/mol. The zero-order chi connectivity index (χ0) is 16.0. The summed E-state index contributed by atoms with van der Waals surface area (Å²) in [5.41, 5.74) is 5.14. The van der Waals surface area contributed by atoms with Gasteiger partial charge in [0, 0.05) is 24.8 Å². The van der Waals surface area contributed by atoms with Gasteiger partial charge in [0.15, 0.2) is 4.90 Å². The molecule has 0 aromatic heterocycles. The molecule has 0 atom stereocenters. The van der Waals surface area contributed by atoms with Crippen molar-refractivity contribution in [3.63, 3.8) is 0 Å². The number of sulfonamides is 1. The molecule has 0 saturated heterocycles. The summed E-state index contributed by atoms with van der Waals surface area (Å²) < 4.78 is 26.2. The lowest BCUT2D eigenvalue weighted by atomic mass is 10.3. The quantitative estimate of drug-likeness (QED) is 0.417. The fourth-order valence-electron chi connectivity index (χ4n) is 1.83. The maximum Gasteiger partial charge on any atom is 0.289 e. The number of nitro benzene ring substituents is 1. The number of aliphatic hydroxyl groups excluding tert-OH is 1. The van der Waals surface area contributed by atoms with Gasteiger partial charge in [-0.15, -0.1) is 0 Å². The van der Waals surface area contributed by atoms with Crippen molar-refractivity contribution in [1.82, 2.24) is 4.31 Å². The van der Waals surface area contributed by atoms with E-state index in [1.807, 2.05) is 6.92 Å². The third kappa shape index (κ3) is 4.13. The number of nitro groups is 1. The third-order valence-corrected chi connectivity index (χ3v) is 4.84. The van der Waals surface area contributed by atoms with Crippen LogP contribution in [0.25, 0.3) is 0 Å². The van der Waals surface area contributed by atoms with Crippen molar-refractivity contribution in [3.8, 4) is 0 Å². The highest BCUT2D eigenvalue weighted by Gasteiger charge is 2.31. The largest absolute Gasteiger partial charge is 0.399 e. The molecule has 8 nitrogen and oxygen atoms in total. The molecule has 0 unspecified atom stereocenters. The van der Waals surface area contributed by atoms with Gasteiger partial charge in [0.25, 0.3) is 5.69 Å². The molecule has 0 saturated carbocycles. The second-order valence-electron chi connectivity index (χ2n) is 4.47. The van der Waals surface area contributed by atoms with E-state index in [2.05, 4.69) is 0 Å². The van der Waals surface area contributed by atoms with Gasteiger partial charge in [-0.2, -0.15) is 4.31 Å². The van der Waals surface area contributed by atoms with Gasteiger partial charge in [-0.3, -0.25) is 10.1 Å². The first-order chi connectivity index (χ1) is 9.84. The normalized spacial score (nSPS) is 11.8. The molecule has 9 heteroatoms. The van der Waals surface area contributed by atoms with E-state index in [-0.39, 0.29) is 25.4 Å². The summed E-state index contributed by atoms with van der Waals surface area (Å²) in [7, 11) is -4.08. The number of nitrogens with two attached hydrogens (primary N) is 1. The molecular formula is C12H19N3O5S. The molecule has 21 heavy (non-hydrogen) atoms. The Balaban J connectivity index is 3.32. The second kappa shape index (κ2) is 7.34. The Hall–Kier alpha value is -1.71. The van der Waals surface area contributed by atoms with Crippen molar-refractivity contribution in [2.75, 3.05) is 25.4 Å². The van der Waals surface area contributed by atoms with Crippen LogP contribution >= 0.6 is 0 Å². The van der Waals surface area contributed by atoms with Crippen LogP contribution in [0.15, 0.2) is 23.1 Å². The van der Waals surface area contributed by atoms with E-state index in [1.165, 1.54) is 6.07 Å². The summed E-state index contributed by atoms with van der Waals surface area (Å²) in [4.78, 5) is 9.80. The minimum atomic E-state index is -4.08. The van der Waals surface area contributed by atoms with Crippen LogP contribution in [0.4, 0.5) is 11.4 Å². The molecule has 0 aliphatic rings. The number of benzene rings is 1. The highest BCUT2D eigenvalue weighted by atomic mass is 32.2. The van der Waals surface area contributed by atoms with Crippen LogP contribution in [0.5, 0.6) is 0 Å². The molecule has 0 aliphatic heterocycles. The van der Waals surface area contributed by atoms with Gasteiger partial charge >= 0.3 is 0 Å². The van der Waals surface area contributed by atoms with Gasteiger partial charge in [0.2, 0.25) is 10.0 Å². The van der Waals surface area contributed by atoms with Gasteiger partial charge in [0.1, 0.15) is 0 Å². The first kappa shape index (κ1) is 17.3. The van der Waals surface area contributed by atoms with Crippen molar-refractivity contribution in [2.45, 2.75) is 24.7 Å². The molecule has 1 aromatic carbocycles. The minimum Gasteiger partial charge on any atom is -0.399 e. The number of aliphatic hydroxyl groups is 1. The second-order valence-corrected chi connectivity index (χ2v) is 6.37. The number of nitrogens with zero attached hydrogens (tertiary/aromatic N) is 2. The predicted molar refractivity (Wildman–Crippen MR) is 78.3 cm³/mol. The van der Waals surface area contributed by atoms with Crippen LogP contribution in [-0.2, 0) is 10.0 Å². The first-order valence-electron chi connectivity index (χ1n) is 6.49. The first-order valence-corrected chi connectivity index (χ1v) is 7.93. The van der Waals surface area contributed by atoms with Crippen LogP contribution in [0, 0.1) is 10.1 Å². The van der Waals surface area contributed by atoms with Gasteiger partial charge in [0.05, 0.1) is 11.5 Å². The molecule has 118 valence electrons. The number of anilines is 1. The molecule has 0 fully saturated rings. The van der Waals surface area contributed by atoms with Crippen LogP contribution < -0.4 is 5.73 Å². The molecule has 0 aliphatic carbocycles. The monoisotopic (exact) mass is 317 g/mol. The standard InChI is InChI=1S/C12H19N3O5S/c1-2-3-6-14(7-8-16)21(19,20)12-9-10(13)4-5-11(12)15(17)18/h4-5,9,16H,2-3,6-8,13H2,1H3. The maximum absolute atomic E-state index is 12.6. The summed E-state index contributed by atoms with van der Waals surface area (Å²) in [6.07, 6.45) is 1.35. The van der Waals surface area contributed by atoms with E-state index in [1.54, 1.807) is 0 Å². The highest BCUT2D eigenvalue weighted by Crippen LogP contribution is 2.28. The fourth-order valence-corrected chi connectivity index (χ4v) is 3.49. The summed E-state index contributed by atoms with van der Waals surface area (Å²) >= 11 is 0. The summed E-state index contributed by atoms with van der Waals surface area (Å²) in [6, 6.07) is 3.42. The Bertz CT molecular complexity index is 603. The lowest BCUT2D eigenvalue weighted by Gasteiger charge is -2.21. The lowest BCUT2D eigenvalue weighted by molar-refractivity contribution is -0.387. The average Bonchev–Trinajstić information content (AvgIpc) is 2.42. The highest BCUT2D eigenvalue weighted by molar-refractivity contribution is 7.89. The number of nitrogen functional groups attached to an aromatic ring is 1. The molecule has 3 N–H and O–H groups in total. The van der Waals surface area contributed by atoms with E-state index in [4.69, 9.17) is 10.8 Å². The molecule has 0 heterocycles. The molecule has 0 radical (unpaired) electrons. The van der Waals surface area contributed by atoms with Crippen molar-refractivity contribution < 1.29 is 18.4 Å². The smallest absolute Gasteiger partial charge is 0.289 e. The Morgan fingerprint density at radius 2 is 2.05 bits per heavy atom. The average molecular weight is 317 g/mol. The molecule has 1 aromatic rings. The van der Waals surface area contributed by atoms with Gasteiger partial charge in [-0.25, -0.2) is 8.42 Å². The Morgan fingerprint density at radius 3 is 2.57 bits per heavy atom. The molecule has 0 bridgehead atoms. The maximum atomic E-state index is 12.6. The summed E-state index contributed by atoms with van der Waals surface area (Å²) in [6.45, 7) is 1.60.